The van der Waals surface area contributed by atoms with Crippen molar-refractivity contribution in [1.29, 1.82) is 0 Å². The van der Waals surface area contributed by atoms with Crippen molar-refractivity contribution in [2.45, 2.75) is 61.4 Å². The second-order valence-electron chi connectivity index (χ2n) is 10.2. The monoisotopic (exact) mass is 554 g/mol. The third-order valence-electron chi connectivity index (χ3n) is 6.74. The van der Waals surface area contributed by atoms with Crippen molar-refractivity contribution in [3.8, 4) is 0 Å². The van der Waals surface area contributed by atoms with Crippen molar-refractivity contribution in [1.82, 2.24) is 15.5 Å². The number of carbonyl (C=O) groups is 3. The highest BCUT2D eigenvalue weighted by Crippen LogP contribution is 2.44. The van der Waals surface area contributed by atoms with Crippen LogP contribution < -0.4 is 16.0 Å². The first-order valence-corrected chi connectivity index (χ1v) is 14.1. The summed E-state index contributed by atoms with van der Waals surface area (Å²) in [6.45, 7) is 5.28. The van der Waals surface area contributed by atoms with Crippen molar-refractivity contribution in [3.63, 3.8) is 0 Å². The van der Waals surface area contributed by atoms with Gasteiger partial charge in [0.15, 0.2) is 0 Å². The molecular weight excluding hydrogens is 520 g/mol. The molecule has 0 radical (unpaired) electrons. The number of morpholine rings is 1. The van der Waals surface area contributed by atoms with E-state index in [0.717, 1.165) is 27.6 Å². The zero-order chi connectivity index (χ0) is 27.4. The zero-order valence-corrected chi connectivity index (χ0v) is 22.9. The van der Waals surface area contributed by atoms with Crippen LogP contribution in [0.2, 0.25) is 0 Å². The van der Waals surface area contributed by atoms with Gasteiger partial charge in [-0.2, -0.15) is 0 Å². The van der Waals surface area contributed by atoms with Gasteiger partial charge < -0.3 is 30.2 Å². The molecule has 0 bridgehead atoms. The summed E-state index contributed by atoms with van der Waals surface area (Å²) in [5.41, 5.74) is 2.28. The molecule has 3 N–H and O–H groups in total. The van der Waals surface area contributed by atoms with E-state index in [9.17, 15) is 14.4 Å². The zero-order valence-electron chi connectivity index (χ0n) is 22.1. The Balaban J connectivity index is 1.25. The van der Waals surface area contributed by atoms with Gasteiger partial charge in [0, 0.05) is 28.3 Å². The second-order valence-corrected chi connectivity index (χ2v) is 11.3. The quantitative estimate of drug-likeness (QED) is 0.400. The Labute approximate surface area is 232 Å². The van der Waals surface area contributed by atoms with E-state index in [2.05, 4.69) is 16.0 Å². The highest BCUT2D eigenvalue weighted by Gasteiger charge is 2.34. The normalized spacial score (nSPS) is 20.8. The van der Waals surface area contributed by atoms with Crippen molar-refractivity contribution in [2.24, 2.45) is 5.92 Å². The first kappa shape index (κ1) is 27.3. The summed E-state index contributed by atoms with van der Waals surface area (Å²) < 4.78 is 16.4. The molecule has 208 valence electrons. The van der Waals surface area contributed by atoms with Crippen molar-refractivity contribution < 1.29 is 28.6 Å². The number of carbonyl (C=O) groups excluding carboxylic acids is 3. The van der Waals surface area contributed by atoms with E-state index < -0.39 is 24.6 Å². The van der Waals surface area contributed by atoms with Crippen LogP contribution in [-0.4, -0.2) is 67.7 Å². The highest BCUT2D eigenvalue weighted by molar-refractivity contribution is 7.99. The van der Waals surface area contributed by atoms with E-state index in [1.807, 2.05) is 44.2 Å². The summed E-state index contributed by atoms with van der Waals surface area (Å²) in [7, 11) is 0. The topological polar surface area (TPSA) is 118 Å². The van der Waals surface area contributed by atoms with Gasteiger partial charge in [-0.3, -0.25) is 14.5 Å². The molecule has 3 aliphatic heterocycles. The fourth-order valence-electron chi connectivity index (χ4n) is 4.75. The number of fused-ring (bicyclic) bond motifs is 2. The van der Waals surface area contributed by atoms with Crippen molar-refractivity contribution >= 4 is 41.0 Å². The summed E-state index contributed by atoms with van der Waals surface area (Å²) >= 11 is 1.64. The summed E-state index contributed by atoms with van der Waals surface area (Å²) in [6, 6.07) is 12.7. The van der Waals surface area contributed by atoms with Gasteiger partial charge in [0.25, 0.3) is 5.91 Å². The lowest BCUT2D eigenvalue weighted by molar-refractivity contribution is -0.128. The Kier molecular flexibility index (Phi) is 8.59. The fourth-order valence-corrected chi connectivity index (χ4v) is 5.72. The van der Waals surface area contributed by atoms with Gasteiger partial charge in [0.05, 0.1) is 31.2 Å². The smallest absolute Gasteiger partial charge is 0.413 e. The largest absolute Gasteiger partial charge is 0.419 e. The third kappa shape index (κ3) is 6.66. The van der Waals surface area contributed by atoms with Crippen LogP contribution in [0, 0.1) is 5.92 Å². The molecule has 5 rings (SSSR count). The minimum Gasteiger partial charge on any atom is -0.419 e. The van der Waals surface area contributed by atoms with Gasteiger partial charge in [-0.15, -0.1) is 0 Å². The number of benzene rings is 2. The van der Waals surface area contributed by atoms with Gasteiger partial charge in [0.1, 0.15) is 12.2 Å². The van der Waals surface area contributed by atoms with E-state index >= 15 is 0 Å². The Morgan fingerprint density at radius 2 is 1.95 bits per heavy atom. The first-order valence-electron chi connectivity index (χ1n) is 13.3. The number of hydrogen-bond donors (Lipinski definition) is 3. The Morgan fingerprint density at radius 3 is 2.74 bits per heavy atom. The van der Waals surface area contributed by atoms with Gasteiger partial charge in [-0.25, -0.2) is 4.79 Å². The molecule has 2 aromatic carbocycles. The number of amides is 3. The van der Waals surface area contributed by atoms with Crippen molar-refractivity contribution in [3.05, 3.63) is 48.0 Å². The van der Waals surface area contributed by atoms with Crippen LogP contribution >= 0.6 is 11.8 Å². The minimum atomic E-state index is -0.797. The molecule has 2 fully saturated rings. The standard InChI is InChI=1S/C28H34N4O6S/c1-17(2)14-21(27(34)31-24-16-36-13-11-32(24)28(35)38-25-8-5-12-37-25)30-26(33)18-9-10-23-20(15-18)29-19-6-3-4-7-22(19)39-23/h3-4,6-7,9-10,15,17,21,24-25,29H,5,8,11-14,16H2,1-2H3,(H,30,33)(H,31,34)/t21-,24-,25?/m0/s1. The maximum Gasteiger partial charge on any atom is 0.413 e. The predicted molar refractivity (Wildman–Crippen MR) is 146 cm³/mol. The SMILES string of the molecule is CC(C)C[C@H](NC(=O)c1ccc2c(c1)Nc1ccccc1S2)C(=O)N[C@@H]1COCCN1C(=O)OC1CCCO1. The Bertz CT molecular complexity index is 1220. The van der Waals surface area contributed by atoms with Gasteiger partial charge in [0.2, 0.25) is 12.2 Å². The van der Waals surface area contributed by atoms with E-state index in [0.29, 0.717) is 31.6 Å². The summed E-state index contributed by atoms with van der Waals surface area (Å²) in [4.78, 5) is 43.1. The molecule has 39 heavy (non-hydrogen) atoms. The first-order chi connectivity index (χ1) is 18.9. The molecule has 10 nitrogen and oxygen atoms in total. The lowest BCUT2D eigenvalue weighted by Crippen LogP contribution is -2.60. The van der Waals surface area contributed by atoms with Gasteiger partial charge in [-0.05, 0) is 49.1 Å². The molecule has 3 heterocycles. The molecule has 0 spiro atoms. The van der Waals surface area contributed by atoms with E-state index in [1.54, 1.807) is 23.9 Å². The van der Waals surface area contributed by atoms with Crippen LogP contribution in [0.15, 0.2) is 52.3 Å². The number of hydrogen-bond acceptors (Lipinski definition) is 8. The second kappa shape index (κ2) is 12.3. The number of anilines is 2. The van der Waals surface area contributed by atoms with Gasteiger partial charge >= 0.3 is 6.09 Å². The number of nitrogens with zero attached hydrogens (tertiary/aromatic N) is 1. The molecular formula is C28H34N4O6S. The maximum absolute atomic E-state index is 13.4. The third-order valence-corrected chi connectivity index (χ3v) is 7.89. The molecule has 2 saturated heterocycles. The molecule has 0 saturated carbocycles. The predicted octanol–water partition coefficient (Wildman–Crippen LogP) is 4.09. The summed E-state index contributed by atoms with van der Waals surface area (Å²) in [5.74, 6) is -0.593. The summed E-state index contributed by atoms with van der Waals surface area (Å²) in [6.07, 6.45) is 0.0848. The molecule has 0 aliphatic carbocycles. The lowest BCUT2D eigenvalue weighted by Gasteiger charge is -2.36. The van der Waals surface area contributed by atoms with Crippen LogP contribution in [0.5, 0.6) is 0 Å². The number of rotatable bonds is 7. The molecule has 1 unspecified atom stereocenters. The number of ether oxygens (including phenoxy) is 3. The highest BCUT2D eigenvalue weighted by atomic mass is 32.2. The minimum absolute atomic E-state index is 0.129. The van der Waals surface area contributed by atoms with Crippen LogP contribution in [0.1, 0.15) is 43.5 Å². The molecule has 2 aromatic rings. The Hall–Kier alpha value is -3.28. The van der Waals surface area contributed by atoms with E-state index in [1.165, 1.54) is 4.90 Å². The Morgan fingerprint density at radius 1 is 1.13 bits per heavy atom. The van der Waals surface area contributed by atoms with E-state index in [4.69, 9.17) is 14.2 Å². The van der Waals surface area contributed by atoms with Crippen molar-refractivity contribution in [2.75, 3.05) is 31.7 Å². The molecule has 3 aliphatic rings. The van der Waals surface area contributed by atoms with Gasteiger partial charge in [-0.1, -0.05) is 37.7 Å². The molecule has 3 atom stereocenters. The lowest BCUT2D eigenvalue weighted by atomic mass is 10.0. The molecule has 3 amide bonds. The average Bonchev–Trinajstić information content (AvgIpc) is 3.44. The summed E-state index contributed by atoms with van der Waals surface area (Å²) in [5, 5.41) is 9.18. The number of nitrogens with one attached hydrogen (secondary N) is 3. The van der Waals surface area contributed by atoms with Crippen LogP contribution in [-0.2, 0) is 19.0 Å². The fraction of sp³-hybridized carbons (Fsp3) is 0.464. The molecule has 11 heteroatoms. The molecule has 0 aromatic heterocycles. The van der Waals surface area contributed by atoms with Crippen LogP contribution in [0.4, 0.5) is 16.2 Å². The number of para-hydroxylation sites is 1. The average molecular weight is 555 g/mol. The van der Waals surface area contributed by atoms with E-state index in [-0.39, 0.29) is 30.9 Å². The van der Waals surface area contributed by atoms with Crippen LogP contribution in [0.25, 0.3) is 0 Å². The maximum atomic E-state index is 13.4. The van der Waals surface area contributed by atoms with Crippen LogP contribution in [0.3, 0.4) is 0 Å².